The Labute approximate surface area is 157 Å². The number of rotatable bonds is 18. The van der Waals surface area contributed by atoms with Gasteiger partial charge in [0, 0.05) is 5.57 Å². The first-order valence-corrected chi connectivity index (χ1v) is 11.0. The van der Waals surface area contributed by atoms with Crippen molar-refractivity contribution in [1.29, 1.82) is 0 Å². The SMILES string of the molecule is CC=C(C)C(=O)OCCCCCCCCCCCCCCCCCC. The van der Waals surface area contributed by atoms with Crippen LogP contribution in [-0.4, -0.2) is 12.6 Å². The first kappa shape index (κ1) is 24.2. The van der Waals surface area contributed by atoms with Gasteiger partial charge in [0.25, 0.3) is 0 Å². The van der Waals surface area contributed by atoms with Crippen molar-refractivity contribution in [3.63, 3.8) is 0 Å². The van der Waals surface area contributed by atoms with Gasteiger partial charge in [0.15, 0.2) is 0 Å². The van der Waals surface area contributed by atoms with Crippen molar-refractivity contribution in [1.82, 2.24) is 0 Å². The Balaban J connectivity index is 3.11. The van der Waals surface area contributed by atoms with Crippen LogP contribution in [0, 0.1) is 0 Å². The van der Waals surface area contributed by atoms with Crippen molar-refractivity contribution < 1.29 is 9.53 Å². The van der Waals surface area contributed by atoms with Crippen LogP contribution in [0.1, 0.15) is 124 Å². The zero-order valence-electron chi connectivity index (χ0n) is 17.4. The van der Waals surface area contributed by atoms with E-state index in [1.165, 1.54) is 96.3 Å². The van der Waals surface area contributed by atoms with E-state index < -0.39 is 0 Å². The Hall–Kier alpha value is -0.790. The van der Waals surface area contributed by atoms with E-state index in [2.05, 4.69) is 6.92 Å². The molecule has 0 amide bonds. The van der Waals surface area contributed by atoms with Crippen LogP contribution in [0.25, 0.3) is 0 Å². The van der Waals surface area contributed by atoms with Gasteiger partial charge < -0.3 is 4.74 Å². The number of hydrogen-bond acceptors (Lipinski definition) is 2. The van der Waals surface area contributed by atoms with E-state index in [1.54, 1.807) is 13.0 Å². The fourth-order valence-electron chi connectivity index (χ4n) is 3.05. The van der Waals surface area contributed by atoms with Crippen molar-refractivity contribution in [3.05, 3.63) is 11.6 Å². The van der Waals surface area contributed by atoms with Crippen LogP contribution in [-0.2, 0) is 9.53 Å². The number of carbonyl (C=O) groups excluding carboxylic acids is 1. The summed E-state index contributed by atoms with van der Waals surface area (Å²) in [4.78, 5) is 11.4. The molecule has 148 valence electrons. The second-order valence-corrected chi connectivity index (χ2v) is 7.41. The minimum absolute atomic E-state index is 0.163. The molecule has 25 heavy (non-hydrogen) atoms. The normalized spacial score (nSPS) is 11.7. The molecule has 0 unspecified atom stereocenters. The van der Waals surface area contributed by atoms with Crippen LogP contribution in [0.4, 0.5) is 0 Å². The van der Waals surface area contributed by atoms with Gasteiger partial charge in [-0.3, -0.25) is 0 Å². The van der Waals surface area contributed by atoms with E-state index in [0.29, 0.717) is 12.2 Å². The van der Waals surface area contributed by atoms with Crippen molar-refractivity contribution in [3.8, 4) is 0 Å². The summed E-state index contributed by atoms with van der Waals surface area (Å²) < 4.78 is 5.21. The summed E-state index contributed by atoms with van der Waals surface area (Å²) in [6.07, 6.45) is 23.6. The van der Waals surface area contributed by atoms with Gasteiger partial charge in [-0.25, -0.2) is 4.79 Å². The average molecular weight is 353 g/mol. The zero-order valence-corrected chi connectivity index (χ0v) is 17.4. The van der Waals surface area contributed by atoms with E-state index in [1.807, 2.05) is 6.92 Å². The Kier molecular flexibility index (Phi) is 18.9. The standard InChI is InChI=1S/C23H44O2/c1-4-6-7-8-9-10-11-12-13-14-15-16-17-18-19-20-21-25-23(24)22(3)5-2/h5H,4,6-21H2,1-3H3. The van der Waals surface area contributed by atoms with Crippen LogP contribution in [0.15, 0.2) is 11.6 Å². The summed E-state index contributed by atoms with van der Waals surface area (Å²) in [5.74, 6) is -0.163. The second kappa shape index (κ2) is 19.5. The fourth-order valence-corrected chi connectivity index (χ4v) is 3.05. The minimum Gasteiger partial charge on any atom is -0.462 e. The molecule has 0 saturated heterocycles. The highest BCUT2D eigenvalue weighted by Crippen LogP contribution is 2.13. The van der Waals surface area contributed by atoms with Crippen LogP contribution in [0.2, 0.25) is 0 Å². The molecule has 2 heteroatoms. The molecule has 0 fully saturated rings. The van der Waals surface area contributed by atoms with Crippen LogP contribution < -0.4 is 0 Å². The lowest BCUT2D eigenvalue weighted by Gasteiger charge is -2.05. The van der Waals surface area contributed by atoms with Crippen molar-refractivity contribution in [2.45, 2.75) is 124 Å². The van der Waals surface area contributed by atoms with Gasteiger partial charge in [-0.2, -0.15) is 0 Å². The summed E-state index contributed by atoms with van der Waals surface area (Å²) in [5, 5.41) is 0. The van der Waals surface area contributed by atoms with E-state index in [-0.39, 0.29) is 5.97 Å². The molecule has 0 aliphatic rings. The van der Waals surface area contributed by atoms with Crippen LogP contribution in [0.3, 0.4) is 0 Å². The number of allylic oxidation sites excluding steroid dienone is 1. The molecule has 0 heterocycles. The number of unbranched alkanes of at least 4 members (excludes halogenated alkanes) is 15. The molecule has 0 bridgehead atoms. The van der Waals surface area contributed by atoms with Crippen LogP contribution in [0.5, 0.6) is 0 Å². The molecule has 0 aromatic carbocycles. The summed E-state index contributed by atoms with van der Waals surface area (Å²) in [7, 11) is 0. The van der Waals surface area contributed by atoms with E-state index in [0.717, 1.165) is 6.42 Å². The summed E-state index contributed by atoms with van der Waals surface area (Å²) in [5.41, 5.74) is 0.705. The van der Waals surface area contributed by atoms with Gasteiger partial charge in [0.1, 0.15) is 0 Å². The summed E-state index contributed by atoms with van der Waals surface area (Å²) >= 11 is 0. The van der Waals surface area contributed by atoms with Crippen LogP contribution >= 0.6 is 0 Å². The number of hydrogen-bond donors (Lipinski definition) is 0. The molecule has 0 aromatic rings. The van der Waals surface area contributed by atoms with Crippen molar-refractivity contribution in [2.24, 2.45) is 0 Å². The maximum absolute atomic E-state index is 11.4. The predicted molar refractivity (Wildman–Crippen MR) is 110 cm³/mol. The average Bonchev–Trinajstić information content (AvgIpc) is 2.63. The Morgan fingerprint density at radius 1 is 0.680 bits per heavy atom. The Morgan fingerprint density at radius 3 is 1.40 bits per heavy atom. The Bertz CT molecular complexity index is 320. The maximum Gasteiger partial charge on any atom is 0.333 e. The first-order valence-electron chi connectivity index (χ1n) is 11.0. The number of ether oxygens (including phenoxy) is 1. The molecular formula is C23H44O2. The third kappa shape index (κ3) is 17.8. The molecule has 0 radical (unpaired) electrons. The zero-order chi connectivity index (χ0) is 18.6. The highest BCUT2D eigenvalue weighted by molar-refractivity contribution is 5.87. The molecule has 0 aliphatic carbocycles. The van der Waals surface area contributed by atoms with Gasteiger partial charge >= 0.3 is 5.97 Å². The lowest BCUT2D eigenvalue weighted by molar-refractivity contribution is -0.139. The lowest BCUT2D eigenvalue weighted by atomic mass is 10.0. The van der Waals surface area contributed by atoms with Gasteiger partial charge in [0.2, 0.25) is 0 Å². The van der Waals surface area contributed by atoms with Gasteiger partial charge in [-0.1, -0.05) is 109 Å². The third-order valence-corrected chi connectivity index (χ3v) is 4.99. The van der Waals surface area contributed by atoms with Crippen molar-refractivity contribution in [2.75, 3.05) is 6.61 Å². The van der Waals surface area contributed by atoms with Gasteiger partial charge in [-0.05, 0) is 20.3 Å². The molecule has 0 atom stereocenters. The number of carbonyl (C=O) groups is 1. The third-order valence-electron chi connectivity index (χ3n) is 4.99. The van der Waals surface area contributed by atoms with E-state index in [4.69, 9.17) is 4.74 Å². The topological polar surface area (TPSA) is 26.3 Å². The number of esters is 1. The molecular weight excluding hydrogens is 308 g/mol. The van der Waals surface area contributed by atoms with Crippen molar-refractivity contribution >= 4 is 5.97 Å². The molecule has 0 aliphatic heterocycles. The van der Waals surface area contributed by atoms with E-state index >= 15 is 0 Å². The highest BCUT2D eigenvalue weighted by atomic mass is 16.5. The largest absolute Gasteiger partial charge is 0.462 e. The molecule has 0 aromatic heterocycles. The lowest BCUT2D eigenvalue weighted by Crippen LogP contribution is -2.06. The maximum atomic E-state index is 11.4. The molecule has 0 spiro atoms. The fraction of sp³-hybridized carbons (Fsp3) is 0.870. The smallest absolute Gasteiger partial charge is 0.333 e. The van der Waals surface area contributed by atoms with Gasteiger partial charge in [-0.15, -0.1) is 0 Å². The minimum atomic E-state index is -0.163. The predicted octanol–water partition coefficient (Wildman–Crippen LogP) is 7.76. The Morgan fingerprint density at radius 2 is 1.04 bits per heavy atom. The molecule has 0 N–H and O–H groups in total. The van der Waals surface area contributed by atoms with E-state index in [9.17, 15) is 4.79 Å². The second-order valence-electron chi connectivity index (χ2n) is 7.41. The summed E-state index contributed by atoms with van der Waals surface area (Å²) in [6.45, 7) is 6.52. The molecule has 2 nitrogen and oxygen atoms in total. The monoisotopic (exact) mass is 352 g/mol. The van der Waals surface area contributed by atoms with Gasteiger partial charge in [0.05, 0.1) is 6.61 Å². The quantitative estimate of drug-likeness (QED) is 0.143. The summed E-state index contributed by atoms with van der Waals surface area (Å²) in [6, 6.07) is 0. The molecule has 0 rings (SSSR count). The highest BCUT2D eigenvalue weighted by Gasteiger charge is 2.03. The first-order chi connectivity index (χ1) is 12.2. The molecule has 0 saturated carbocycles.